The van der Waals surface area contributed by atoms with Gasteiger partial charge in [0.1, 0.15) is 0 Å². The smallest absolute Gasteiger partial charge is 0.0471 e. The molecule has 0 aromatic carbocycles. The Morgan fingerprint density at radius 2 is 1.76 bits per heavy atom. The molecule has 1 saturated heterocycles. The minimum absolute atomic E-state index is 0.511. The highest BCUT2D eigenvalue weighted by atomic mass is 16.5. The van der Waals surface area contributed by atoms with Gasteiger partial charge < -0.3 is 10.1 Å². The van der Waals surface area contributed by atoms with Crippen LogP contribution in [0.4, 0.5) is 0 Å². The molecule has 0 aliphatic carbocycles. The Balaban J connectivity index is 2.40. The fourth-order valence-corrected chi connectivity index (χ4v) is 2.63. The Bertz CT molecular complexity index is 195. The SMILES string of the molecule is CC(C)CCCC1(CNC(C)C)CCOCC1. The summed E-state index contributed by atoms with van der Waals surface area (Å²) in [7, 11) is 0. The van der Waals surface area contributed by atoms with Gasteiger partial charge >= 0.3 is 0 Å². The maximum absolute atomic E-state index is 5.53. The van der Waals surface area contributed by atoms with Gasteiger partial charge in [0, 0.05) is 25.8 Å². The molecule has 0 amide bonds. The van der Waals surface area contributed by atoms with Gasteiger partial charge in [-0.1, -0.05) is 40.5 Å². The number of ether oxygens (including phenoxy) is 1. The normalized spacial score (nSPS) is 20.1. The van der Waals surface area contributed by atoms with Gasteiger partial charge in [0.2, 0.25) is 0 Å². The second-order valence-electron chi connectivity index (χ2n) is 6.43. The first kappa shape index (κ1) is 15.0. The van der Waals surface area contributed by atoms with E-state index in [-0.39, 0.29) is 0 Å². The van der Waals surface area contributed by atoms with E-state index in [9.17, 15) is 0 Å². The second kappa shape index (κ2) is 7.38. The summed E-state index contributed by atoms with van der Waals surface area (Å²) in [6, 6.07) is 0.597. The molecule has 2 heteroatoms. The first-order valence-electron chi connectivity index (χ1n) is 7.35. The average Bonchev–Trinajstić information content (AvgIpc) is 2.27. The molecule has 1 fully saturated rings. The summed E-state index contributed by atoms with van der Waals surface area (Å²) >= 11 is 0. The van der Waals surface area contributed by atoms with Gasteiger partial charge in [-0.2, -0.15) is 0 Å². The molecule has 17 heavy (non-hydrogen) atoms. The molecule has 1 aliphatic rings. The Hall–Kier alpha value is -0.0800. The van der Waals surface area contributed by atoms with Crippen LogP contribution >= 0.6 is 0 Å². The van der Waals surface area contributed by atoms with Crippen molar-refractivity contribution in [1.82, 2.24) is 5.32 Å². The molecule has 102 valence electrons. The van der Waals surface area contributed by atoms with Crippen LogP contribution in [0.2, 0.25) is 0 Å². The Kier molecular flexibility index (Phi) is 6.50. The Morgan fingerprint density at radius 3 is 2.29 bits per heavy atom. The number of hydrogen-bond acceptors (Lipinski definition) is 2. The summed E-state index contributed by atoms with van der Waals surface area (Å²) in [6.45, 7) is 12.2. The van der Waals surface area contributed by atoms with Crippen LogP contribution in [0.1, 0.15) is 59.8 Å². The van der Waals surface area contributed by atoms with Crippen molar-refractivity contribution in [2.75, 3.05) is 19.8 Å². The minimum Gasteiger partial charge on any atom is -0.381 e. The van der Waals surface area contributed by atoms with E-state index in [1.807, 2.05) is 0 Å². The molecule has 1 heterocycles. The summed E-state index contributed by atoms with van der Waals surface area (Å²) in [5.41, 5.74) is 0.511. The highest BCUT2D eigenvalue weighted by Gasteiger charge is 2.31. The van der Waals surface area contributed by atoms with E-state index in [1.165, 1.54) is 38.6 Å². The van der Waals surface area contributed by atoms with Crippen LogP contribution in [-0.4, -0.2) is 25.8 Å². The summed E-state index contributed by atoms with van der Waals surface area (Å²) < 4.78 is 5.53. The van der Waals surface area contributed by atoms with Crippen molar-refractivity contribution < 1.29 is 4.74 Å². The zero-order valence-electron chi connectivity index (χ0n) is 12.2. The van der Waals surface area contributed by atoms with Crippen molar-refractivity contribution in [3.05, 3.63) is 0 Å². The predicted octanol–water partition coefficient (Wildman–Crippen LogP) is 3.61. The molecule has 0 atom stereocenters. The quantitative estimate of drug-likeness (QED) is 0.735. The molecular weight excluding hydrogens is 210 g/mol. The van der Waals surface area contributed by atoms with E-state index in [4.69, 9.17) is 4.74 Å². The Labute approximate surface area is 108 Å². The third-order valence-corrected chi connectivity index (χ3v) is 3.93. The molecular formula is C15H31NO. The largest absolute Gasteiger partial charge is 0.381 e. The van der Waals surface area contributed by atoms with E-state index in [1.54, 1.807) is 0 Å². The molecule has 2 nitrogen and oxygen atoms in total. The molecule has 0 radical (unpaired) electrons. The zero-order chi connectivity index (χ0) is 12.7. The topological polar surface area (TPSA) is 21.3 Å². The van der Waals surface area contributed by atoms with Gasteiger partial charge in [0.15, 0.2) is 0 Å². The zero-order valence-corrected chi connectivity index (χ0v) is 12.2. The summed E-state index contributed by atoms with van der Waals surface area (Å²) in [4.78, 5) is 0. The maximum Gasteiger partial charge on any atom is 0.0471 e. The van der Waals surface area contributed by atoms with Crippen molar-refractivity contribution in [3.63, 3.8) is 0 Å². The molecule has 0 saturated carbocycles. The van der Waals surface area contributed by atoms with Crippen LogP contribution in [0.15, 0.2) is 0 Å². The van der Waals surface area contributed by atoms with Gasteiger partial charge in [0.05, 0.1) is 0 Å². The molecule has 0 unspecified atom stereocenters. The Morgan fingerprint density at radius 1 is 1.12 bits per heavy atom. The van der Waals surface area contributed by atoms with Crippen LogP contribution in [0.3, 0.4) is 0 Å². The van der Waals surface area contributed by atoms with Crippen LogP contribution in [0.25, 0.3) is 0 Å². The molecule has 0 aromatic rings. The third kappa shape index (κ3) is 5.87. The molecule has 0 spiro atoms. The van der Waals surface area contributed by atoms with Gasteiger partial charge in [-0.25, -0.2) is 0 Å². The van der Waals surface area contributed by atoms with Crippen molar-refractivity contribution >= 4 is 0 Å². The van der Waals surface area contributed by atoms with E-state index in [0.717, 1.165) is 19.1 Å². The first-order chi connectivity index (χ1) is 8.04. The second-order valence-corrected chi connectivity index (χ2v) is 6.43. The van der Waals surface area contributed by atoms with Crippen molar-refractivity contribution in [2.24, 2.45) is 11.3 Å². The van der Waals surface area contributed by atoms with Crippen LogP contribution in [0.5, 0.6) is 0 Å². The standard InChI is InChI=1S/C15H31NO/c1-13(2)6-5-7-15(12-16-14(3)4)8-10-17-11-9-15/h13-14,16H,5-12H2,1-4H3. The summed E-state index contributed by atoms with van der Waals surface area (Å²) in [5.74, 6) is 0.838. The summed E-state index contributed by atoms with van der Waals surface area (Å²) in [5, 5.41) is 3.64. The van der Waals surface area contributed by atoms with Crippen LogP contribution in [0, 0.1) is 11.3 Å². The summed E-state index contributed by atoms with van der Waals surface area (Å²) in [6.07, 6.45) is 6.59. The van der Waals surface area contributed by atoms with E-state index in [0.29, 0.717) is 11.5 Å². The lowest BCUT2D eigenvalue weighted by atomic mass is 9.75. The monoisotopic (exact) mass is 241 g/mol. The highest BCUT2D eigenvalue weighted by molar-refractivity contribution is 4.84. The maximum atomic E-state index is 5.53. The lowest BCUT2D eigenvalue weighted by molar-refractivity contribution is 0.00796. The van der Waals surface area contributed by atoms with E-state index >= 15 is 0 Å². The third-order valence-electron chi connectivity index (χ3n) is 3.93. The lowest BCUT2D eigenvalue weighted by Crippen LogP contribution is -2.41. The number of rotatable bonds is 7. The van der Waals surface area contributed by atoms with Crippen molar-refractivity contribution in [2.45, 2.75) is 65.8 Å². The van der Waals surface area contributed by atoms with E-state index < -0.39 is 0 Å². The van der Waals surface area contributed by atoms with Gasteiger partial charge in [0.25, 0.3) is 0 Å². The van der Waals surface area contributed by atoms with Gasteiger partial charge in [-0.05, 0) is 30.6 Å². The average molecular weight is 241 g/mol. The molecule has 1 aliphatic heterocycles. The highest BCUT2D eigenvalue weighted by Crippen LogP contribution is 2.35. The molecule has 1 rings (SSSR count). The molecule has 1 N–H and O–H groups in total. The van der Waals surface area contributed by atoms with E-state index in [2.05, 4.69) is 33.0 Å². The van der Waals surface area contributed by atoms with Gasteiger partial charge in [-0.3, -0.25) is 0 Å². The molecule has 0 bridgehead atoms. The molecule has 0 aromatic heterocycles. The van der Waals surface area contributed by atoms with Crippen LogP contribution in [-0.2, 0) is 4.74 Å². The minimum atomic E-state index is 0.511. The fourth-order valence-electron chi connectivity index (χ4n) is 2.63. The van der Waals surface area contributed by atoms with Crippen LogP contribution < -0.4 is 5.32 Å². The first-order valence-corrected chi connectivity index (χ1v) is 7.35. The van der Waals surface area contributed by atoms with Gasteiger partial charge in [-0.15, -0.1) is 0 Å². The fraction of sp³-hybridized carbons (Fsp3) is 1.00. The lowest BCUT2D eigenvalue weighted by Gasteiger charge is -2.38. The van der Waals surface area contributed by atoms with Crippen molar-refractivity contribution in [1.29, 1.82) is 0 Å². The van der Waals surface area contributed by atoms with Crippen molar-refractivity contribution in [3.8, 4) is 0 Å². The number of hydrogen-bond donors (Lipinski definition) is 1. The number of nitrogens with one attached hydrogen (secondary N) is 1. The predicted molar refractivity (Wildman–Crippen MR) is 74.3 cm³/mol.